The highest BCUT2D eigenvalue weighted by atomic mass is 32.2. The second kappa shape index (κ2) is 11.2. The Morgan fingerprint density at radius 2 is 1.68 bits per heavy atom. The molecule has 0 saturated carbocycles. The fourth-order valence-corrected chi connectivity index (χ4v) is 6.65. The summed E-state index contributed by atoms with van der Waals surface area (Å²) in [6, 6.07) is 11.3. The van der Waals surface area contributed by atoms with E-state index in [-0.39, 0.29) is 26.7 Å². The number of pyridine rings is 1. The molecule has 0 radical (unpaired) electrons. The highest BCUT2D eigenvalue weighted by Crippen LogP contribution is 2.38. The number of carbonyl (C=O) groups is 1. The quantitative estimate of drug-likeness (QED) is 0.331. The van der Waals surface area contributed by atoms with Crippen molar-refractivity contribution in [3.63, 3.8) is 0 Å². The molecule has 2 aliphatic rings. The molecule has 212 valence electrons. The monoisotopic (exact) mass is 589 g/mol. The van der Waals surface area contributed by atoms with E-state index in [1.807, 2.05) is 37.3 Å². The van der Waals surface area contributed by atoms with Crippen LogP contribution in [0.15, 0.2) is 44.8 Å². The van der Waals surface area contributed by atoms with Crippen molar-refractivity contribution < 1.29 is 4.79 Å². The molecule has 0 bridgehead atoms. The molecule has 1 amide bonds. The number of thiocarbonyl (C=S) groups is 1. The molecule has 2 fully saturated rings. The van der Waals surface area contributed by atoms with Gasteiger partial charge in [-0.15, -0.1) is 0 Å². The molecule has 1 aromatic carbocycles. The number of nitriles is 1. The van der Waals surface area contributed by atoms with E-state index in [1.165, 1.54) is 9.58 Å². The maximum absolute atomic E-state index is 13.9. The number of anilines is 2. The molecule has 2 aromatic heterocycles. The number of rotatable bonds is 5. The van der Waals surface area contributed by atoms with E-state index in [9.17, 15) is 19.6 Å². The number of likely N-dealkylation sites (N-methyl/N-ethyl adjacent to an activating group) is 1. The van der Waals surface area contributed by atoms with Gasteiger partial charge in [-0.2, -0.15) is 5.26 Å². The van der Waals surface area contributed by atoms with Gasteiger partial charge in [-0.3, -0.25) is 28.5 Å². The summed E-state index contributed by atoms with van der Waals surface area (Å²) in [6.45, 7) is 8.81. The van der Waals surface area contributed by atoms with Crippen molar-refractivity contribution in [1.29, 1.82) is 5.26 Å². The van der Waals surface area contributed by atoms with E-state index in [0.29, 0.717) is 52.9 Å². The first kappa shape index (κ1) is 28.6. The van der Waals surface area contributed by atoms with Crippen LogP contribution in [-0.2, 0) is 18.4 Å². The van der Waals surface area contributed by atoms with Crippen LogP contribution in [-0.4, -0.2) is 62.3 Å². The minimum atomic E-state index is -0.414. The Hall–Kier alpha value is -3.92. The first-order valence-electron chi connectivity index (χ1n) is 13.3. The van der Waals surface area contributed by atoms with Gasteiger partial charge in [0.25, 0.3) is 17.0 Å². The molecule has 0 atom stereocenters. The lowest BCUT2D eigenvalue weighted by Gasteiger charge is -2.36. The number of carbonyl (C=O) groups excluding carboxylic acids is 1. The van der Waals surface area contributed by atoms with Crippen LogP contribution in [0.5, 0.6) is 0 Å². The number of para-hydroxylation sites is 1. The van der Waals surface area contributed by atoms with Crippen molar-refractivity contribution in [2.24, 2.45) is 7.05 Å². The summed E-state index contributed by atoms with van der Waals surface area (Å²) in [4.78, 5) is 46.9. The maximum atomic E-state index is 13.9. The molecular weight excluding hydrogens is 558 g/mol. The van der Waals surface area contributed by atoms with Crippen molar-refractivity contribution in [3.8, 4) is 11.8 Å². The molecule has 4 heterocycles. The van der Waals surface area contributed by atoms with Gasteiger partial charge in [-0.1, -0.05) is 42.2 Å². The summed E-state index contributed by atoms with van der Waals surface area (Å²) in [5.74, 6) is 0.275. The van der Waals surface area contributed by atoms with E-state index in [1.54, 1.807) is 36.2 Å². The Morgan fingerprint density at radius 3 is 2.29 bits per heavy atom. The molecule has 5 rings (SSSR count). The van der Waals surface area contributed by atoms with E-state index in [0.717, 1.165) is 24.9 Å². The van der Waals surface area contributed by atoms with E-state index >= 15 is 0 Å². The third kappa shape index (κ3) is 4.73. The summed E-state index contributed by atoms with van der Waals surface area (Å²) >= 11 is 6.76. The molecule has 0 N–H and O–H groups in total. The van der Waals surface area contributed by atoms with Gasteiger partial charge in [0, 0.05) is 45.3 Å². The highest BCUT2D eigenvalue weighted by Gasteiger charge is 2.38. The van der Waals surface area contributed by atoms with Gasteiger partial charge >= 0.3 is 0 Å². The summed E-state index contributed by atoms with van der Waals surface area (Å²) in [6.07, 6.45) is 1.72. The Labute approximate surface area is 247 Å². The van der Waals surface area contributed by atoms with Crippen LogP contribution in [0, 0.1) is 25.2 Å². The first-order valence-corrected chi connectivity index (χ1v) is 14.6. The highest BCUT2D eigenvalue weighted by molar-refractivity contribution is 8.27. The average Bonchev–Trinajstić information content (AvgIpc) is 3.35. The largest absolute Gasteiger partial charge is 0.355 e. The Kier molecular flexibility index (Phi) is 7.78. The SMILES string of the molecule is CCn1c(N2CCN(C)CC2)c(C=C2SC(=S)N(c3c(C)n(C)n(-c4ccccc4)c3=O)C2=O)c(C)c(C#N)c1=O. The molecule has 3 aromatic rings. The van der Waals surface area contributed by atoms with Crippen molar-refractivity contribution in [1.82, 2.24) is 18.8 Å². The number of piperazine rings is 1. The minimum absolute atomic E-state index is 0.0520. The number of hydrogen-bond acceptors (Lipinski definition) is 8. The molecule has 0 aliphatic carbocycles. The van der Waals surface area contributed by atoms with Crippen molar-refractivity contribution in [2.45, 2.75) is 27.3 Å². The minimum Gasteiger partial charge on any atom is -0.355 e. The van der Waals surface area contributed by atoms with E-state index < -0.39 is 5.91 Å². The zero-order chi connectivity index (χ0) is 29.6. The molecule has 0 unspecified atom stereocenters. The van der Waals surface area contributed by atoms with E-state index in [4.69, 9.17) is 12.2 Å². The Balaban J connectivity index is 1.65. The van der Waals surface area contributed by atoms with Crippen LogP contribution in [0.2, 0.25) is 0 Å². The fourth-order valence-electron chi connectivity index (χ4n) is 5.40. The fraction of sp³-hybridized carbons (Fsp3) is 0.345. The lowest BCUT2D eigenvalue weighted by molar-refractivity contribution is -0.113. The summed E-state index contributed by atoms with van der Waals surface area (Å²) in [5.41, 5.74) is 1.99. The van der Waals surface area contributed by atoms with Crippen molar-refractivity contribution in [3.05, 3.63) is 78.3 Å². The normalized spacial score (nSPS) is 17.1. The van der Waals surface area contributed by atoms with Crippen LogP contribution in [0.4, 0.5) is 11.5 Å². The van der Waals surface area contributed by atoms with Gasteiger partial charge in [0.2, 0.25) is 0 Å². The predicted octanol–water partition coefficient (Wildman–Crippen LogP) is 3.00. The number of hydrogen-bond donors (Lipinski definition) is 0. The third-order valence-electron chi connectivity index (χ3n) is 7.78. The molecule has 2 aliphatic heterocycles. The van der Waals surface area contributed by atoms with Gasteiger partial charge in [-0.25, -0.2) is 4.68 Å². The predicted molar refractivity (Wildman–Crippen MR) is 167 cm³/mol. The smallest absolute Gasteiger partial charge is 0.296 e. The lowest BCUT2D eigenvalue weighted by Crippen LogP contribution is -2.47. The number of aromatic nitrogens is 3. The number of nitrogens with zero attached hydrogens (tertiary/aromatic N) is 7. The van der Waals surface area contributed by atoms with Crippen LogP contribution >= 0.6 is 24.0 Å². The van der Waals surface area contributed by atoms with Gasteiger partial charge in [-0.05, 0) is 51.6 Å². The van der Waals surface area contributed by atoms with E-state index in [2.05, 4.69) is 22.9 Å². The van der Waals surface area contributed by atoms with Gasteiger partial charge < -0.3 is 9.80 Å². The average molecular weight is 590 g/mol. The number of amides is 1. The summed E-state index contributed by atoms with van der Waals surface area (Å²) < 4.78 is 5.08. The van der Waals surface area contributed by atoms with Crippen LogP contribution in [0.3, 0.4) is 0 Å². The molecule has 2 saturated heterocycles. The lowest BCUT2D eigenvalue weighted by atomic mass is 10.0. The summed E-state index contributed by atoms with van der Waals surface area (Å²) in [5, 5.41) is 9.86. The topological polar surface area (TPSA) is 99.5 Å². The second-order valence-electron chi connectivity index (χ2n) is 10.1. The van der Waals surface area contributed by atoms with Crippen molar-refractivity contribution >= 4 is 51.8 Å². The molecule has 10 nitrogen and oxygen atoms in total. The molecule has 0 spiro atoms. The van der Waals surface area contributed by atoms with Crippen LogP contribution in [0.25, 0.3) is 11.8 Å². The molecular formula is C29H31N7O3S2. The first-order chi connectivity index (χ1) is 19.6. The van der Waals surface area contributed by atoms with Crippen molar-refractivity contribution in [2.75, 3.05) is 43.0 Å². The number of thioether (sulfide) groups is 1. The number of benzene rings is 1. The van der Waals surface area contributed by atoms with Crippen LogP contribution in [0.1, 0.15) is 29.3 Å². The summed E-state index contributed by atoms with van der Waals surface area (Å²) in [7, 11) is 3.82. The Bertz CT molecular complexity index is 1750. The zero-order valence-electron chi connectivity index (χ0n) is 23.7. The van der Waals surface area contributed by atoms with Gasteiger partial charge in [0.05, 0.1) is 16.3 Å². The third-order valence-corrected chi connectivity index (χ3v) is 9.08. The molecule has 12 heteroatoms. The van der Waals surface area contributed by atoms with Gasteiger partial charge in [0.15, 0.2) is 4.32 Å². The standard InChI is InChI=1S/C29H31N7O3S2/c1-6-34-25(33-14-12-31(4)13-15-33)21(18(2)22(17-30)26(34)37)16-23-27(38)35(29(40)41-23)24-19(3)32(5)36(28(24)39)20-10-8-7-9-11-20/h7-11,16H,6,12-15H2,1-5H3. The molecule has 41 heavy (non-hydrogen) atoms. The zero-order valence-corrected chi connectivity index (χ0v) is 25.3. The second-order valence-corrected chi connectivity index (χ2v) is 11.8. The van der Waals surface area contributed by atoms with Crippen LogP contribution < -0.4 is 20.9 Å². The Morgan fingerprint density at radius 1 is 1.02 bits per heavy atom. The maximum Gasteiger partial charge on any atom is 0.296 e. The van der Waals surface area contributed by atoms with Gasteiger partial charge in [0.1, 0.15) is 23.1 Å².